The summed E-state index contributed by atoms with van der Waals surface area (Å²) in [6.45, 7) is 2.04. The van der Waals surface area contributed by atoms with Crippen LogP contribution >= 0.6 is 46.6 Å². The van der Waals surface area contributed by atoms with E-state index in [0.29, 0.717) is 5.75 Å². The average Bonchev–Trinajstić information content (AvgIpc) is 2.37. The van der Waals surface area contributed by atoms with Crippen LogP contribution in [-0.2, 0) is 10.0 Å². The number of rotatable bonds is 7. The lowest BCUT2D eigenvalue weighted by Gasteiger charge is -2.24. The Labute approximate surface area is 139 Å². The summed E-state index contributed by atoms with van der Waals surface area (Å²) in [4.78, 5) is 0.148. The van der Waals surface area contributed by atoms with Gasteiger partial charge in [0.15, 0.2) is 0 Å². The monoisotopic (exact) mass is 375 g/mol. The fourth-order valence-corrected chi connectivity index (χ4v) is 4.92. The van der Waals surface area contributed by atoms with E-state index in [9.17, 15) is 8.42 Å². The maximum Gasteiger partial charge on any atom is 0.241 e. The molecule has 0 saturated carbocycles. The molecule has 0 radical (unpaired) electrons. The van der Waals surface area contributed by atoms with Crippen LogP contribution in [0.1, 0.15) is 19.8 Å². The van der Waals surface area contributed by atoms with Crippen LogP contribution in [0, 0.1) is 0 Å². The topological polar surface area (TPSA) is 46.2 Å². The van der Waals surface area contributed by atoms with E-state index in [-0.39, 0.29) is 4.90 Å². The van der Waals surface area contributed by atoms with Gasteiger partial charge in [0.2, 0.25) is 13.8 Å². The van der Waals surface area contributed by atoms with Crippen molar-refractivity contribution >= 4 is 56.6 Å². The van der Waals surface area contributed by atoms with Gasteiger partial charge in [0.25, 0.3) is 0 Å². The highest BCUT2D eigenvalue weighted by Crippen LogP contribution is 2.37. The van der Waals surface area contributed by atoms with E-state index in [2.05, 4.69) is 4.72 Å². The zero-order valence-corrected chi connectivity index (χ0v) is 14.8. The van der Waals surface area contributed by atoms with Crippen LogP contribution in [0.15, 0.2) is 35.2 Å². The van der Waals surface area contributed by atoms with Crippen LogP contribution < -0.4 is 4.72 Å². The molecule has 0 fully saturated rings. The summed E-state index contributed by atoms with van der Waals surface area (Å²) < 4.78 is 25.2. The van der Waals surface area contributed by atoms with E-state index in [1.807, 2.05) is 6.92 Å². The number of alkyl halides is 3. The lowest BCUT2D eigenvalue weighted by molar-refractivity contribution is 0.578. The lowest BCUT2D eigenvalue weighted by atomic mass is 10.4. The van der Waals surface area contributed by atoms with Gasteiger partial charge in [0.05, 0.1) is 4.90 Å². The molecule has 0 spiro atoms. The third kappa shape index (κ3) is 6.00. The van der Waals surface area contributed by atoms with Crippen molar-refractivity contribution in [3.63, 3.8) is 0 Å². The first-order chi connectivity index (χ1) is 9.27. The Balaban J connectivity index is 2.84. The molecule has 0 aliphatic rings. The Morgan fingerprint density at radius 1 is 1.25 bits per heavy atom. The van der Waals surface area contributed by atoms with Crippen LogP contribution in [0.25, 0.3) is 0 Å². The van der Waals surface area contributed by atoms with Crippen molar-refractivity contribution in [2.45, 2.75) is 33.8 Å². The predicted molar refractivity (Wildman–Crippen MR) is 88.2 cm³/mol. The van der Waals surface area contributed by atoms with E-state index in [4.69, 9.17) is 34.8 Å². The molecule has 1 atom stereocenters. The van der Waals surface area contributed by atoms with Crippen molar-refractivity contribution in [2.75, 3.05) is 5.75 Å². The molecule has 0 aliphatic heterocycles. The maximum atomic E-state index is 12.2. The highest BCUT2D eigenvalue weighted by atomic mass is 35.6. The third-order valence-corrected chi connectivity index (χ3v) is 6.36. The third-order valence-electron chi connectivity index (χ3n) is 2.40. The molecule has 8 heteroatoms. The fraction of sp³-hybridized carbons (Fsp3) is 0.500. The van der Waals surface area contributed by atoms with Crippen molar-refractivity contribution in [3.8, 4) is 0 Å². The molecule has 20 heavy (non-hydrogen) atoms. The van der Waals surface area contributed by atoms with E-state index >= 15 is 0 Å². The minimum atomic E-state index is -3.70. The normalized spacial score (nSPS) is 14.2. The minimum Gasteiger partial charge on any atom is -0.207 e. The number of benzene rings is 1. The molecule has 1 N–H and O–H groups in total. The van der Waals surface area contributed by atoms with E-state index in [1.165, 1.54) is 23.9 Å². The van der Waals surface area contributed by atoms with E-state index in [0.717, 1.165) is 12.8 Å². The van der Waals surface area contributed by atoms with Gasteiger partial charge in [-0.1, -0.05) is 66.3 Å². The number of hydrogen-bond donors (Lipinski definition) is 1. The lowest BCUT2D eigenvalue weighted by Crippen LogP contribution is -2.41. The molecule has 1 unspecified atom stereocenters. The van der Waals surface area contributed by atoms with Gasteiger partial charge in [0.1, 0.15) is 5.37 Å². The van der Waals surface area contributed by atoms with Gasteiger partial charge in [0, 0.05) is 0 Å². The number of halogens is 3. The van der Waals surface area contributed by atoms with Gasteiger partial charge in [-0.2, -0.15) is 4.72 Å². The number of hydrogen-bond acceptors (Lipinski definition) is 3. The van der Waals surface area contributed by atoms with Crippen LogP contribution in [0.3, 0.4) is 0 Å². The van der Waals surface area contributed by atoms with Crippen LogP contribution in [0.4, 0.5) is 0 Å². The van der Waals surface area contributed by atoms with Crippen LogP contribution in [-0.4, -0.2) is 23.3 Å². The summed E-state index contributed by atoms with van der Waals surface area (Å²) in [6, 6.07) is 8.01. The molecule has 1 aromatic carbocycles. The summed E-state index contributed by atoms with van der Waals surface area (Å²) in [6.07, 6.45) is 1.92. The van der Waals surface area contributed by atoms with Crippen molar-refractivity contribution in [3.05, 3.63) is 30.3 Å². The highest BCUT2D eigenvalue weighted by molar-refractivity contribution is 8.01. The van der Waals surface area contributed by atoms with E-state index < -0.39 is 19.2 Å². The van der Waals surface area contributed by atoms with E-state index in [1.54, 1.807) is 18.2 Å². The molecule has 3 nitrogen and oxygen atoms in total. The first-order valence-electron chi connectivity index (χ1n) is 6.03. The quantitative estimate of drug-likeness (QED) is 0.441. The Morgan fingerprint density at radius 2 is 1.85 bits per heavy atom. The Kier molecular flexibility index (Phi) is 7.46. The molecule has 1 rings (SSSR count). The molecule has 0 saturated heterocycles. The summed E-state index contributed by atoms with van der Waals surface area (Å²) >= 11 is 18.9. The molecule has 0 heterocycles. The SMILES string of the molecule is CCCCSC(NS(=O)(=O)c1ccccc1)C(Cl)(Cl)Cl. The number of sulfonamides is 1. The summed E-state index contributed by atoms with van der Waals surface area (Å²) in [5.74, 6) is 0.715. The second-order valence-corrected chi connectivity index (χ2v) is 9.38. The van der Waals surface area contributed by atoms with Gasteiger partial charge in [-0.25, -0.2) is 8.42 Å². The molecular weight excluding hydrogens is 361 g/mol. The zero-order chi connectivity index (χ0) is 15.2. The average molecular weight is 377 g/mol. The smallest absolute Gasteiger partial charge is 0.207 e. The zero-order valence-electron chi connectivity index (χ0n) is 10.9. The standard InChI is InChI=1S/C12H16Cl3NO2S2/c1-2-3-9-19-11(12(13,14)15)16-20(17,18)10-7-5-4-6-8-10/h4-8,11,16H,2-3,9H2,1H3. The Hall–Kier alpha value is 0.350. The number of thioether (sulfide) groups is 1. The Morgan fingerprint density at radius 3 is 2.35 bits per heavy atom. The summed E-state index contributed by atoms with van der Waals surface area (Å²) in [5.41, 5.74) is 0. The minimum absolute atomic E-state index is 0.148. The van der Waals surface area contributed by atoms with Gasteiger partial charge >= 0.3 is 0 Å². The van der Waals surface area contributed by atoms with Gasteiger partial charge in [-0.3, -0.25) is 0 Å². The molecule has 0 aliphatic carbocycles. The van der Waals surface area contributed by atoms with Crippen molar-refractivity contribution in [1.82, 2.24) is 4.72 Å². The van der Waals surface area contributed by atoms with Crippen molar-refractivity contribution in [1.29, 1.82) is 0 Å². The summed E-state index contributed by atoms with van der Waals surface area (Å²) in [5, 5.41) is -0.829. The largest absolute Gasteiger partial charge is 0.241 e. The second-order valence-electron chi connectivity index (χ2n) is 4.08. The predicted octanol–water partition coefficient (Wildman–Crippen LogP) is 4.19. The molecule has 0 bridgehead atoms. The molecule has 0 aromatic heterocycles. The number of unbranched alkanes of at least 4 members (excludes halogenated alkanes) is 1. The van der Waals surface area contributed by atoms with Crippen molar-refractivity contribution in [2.24, 2.45) is 0 Å². The molecule has 1 aromatic rings. The van der Waals surface area contributed by atoms with Crippen LogP contribution in [0.5, 0.6) is 0 Å². The highest BCUT2D eigenvalue weighted by Gasteiger charge is 2.36. The maximum absolute atomic E-state index is 12.2. The first-order valence-corrected chi connectivity index (χ1v) is 9.69. The first kappa shape index (κ1) is 18.4. The fourth-order valence-electron chi connectivity index (χ4n) is 1.35. The summed E-state index contributed by atoms with van der Waals surface area (Å²) in [7, 11) is -3.70. The van der Waals surface area contributed by atoms with Crippen LogP contribution in [0.2, 0.25) is 0 Å². The Bertz CT molecular complexity index is 503. The van der Waals surface area contributed by atoms with Gasteiger partial charge in [-0.05, 0) is 24.3 Å². The molecular formula is C12H16Cl3NO2S2. The number of nitrogens with one attached hydrogen (secondary N) is 1. The van der Waals surface area contributed by atoms with Gasteiger partial charge < -0.3 is 0 Å². The molecule has 114 valence electrons. The molecule has 0 amide bonds. The van der Waals surface area contributed by atoms with Gasteiger partial charge in [-0.15, -0.1) is 11.8 Å². The van der Waals surface area contributed by atoms with Crippen molar-refractivity contribution < 1.29 is 8.42 Å². The second kappa shape index (κ2) is 8.11.